The molecule has 3 nitrogen and oxygen atoms in total. The summed E-state index contributed by atoms with van der Waals surface area (Å²) < 4.78 is 11.4. The van der Waals surface area contributed by atoms with Crippen molar-refractivity contribution in [2.75, 3.05) is 19.5 Å². The second-order valence-corrected chi connectivity index (χ2v) is 5.40. The summed E-state index contributed by atoms with van der Waals surface area (Å²) in [7, 11) is 3.37. The van der Waals surface area contributed by atoms with E-state index in [1.165, 1.54) is 11.1 Å². The molecule has 0 aromatic heterocycles. The van der Waals surface area contributed by atoms with Crippen LogP contribution in [0.1, 0.15) is 11.1 Å². The third-order valence-corrected chi connectivity index (χ3v) is 3.36. The van der Waals surface area contributed by atoms with Crippen LogP contribution in [0.4, 0.5) is 5.69 Å². The van der Waals surface area contributed by atoms with E-state index in [9.17, 15) is 0 Å². The Bertz CT molecular complexity index is 572. The van der Waals surface area contributed by atoms with Crippen molar-refractivity contribution in [3.05, 3.63) is 58.1 Å². The van der Waals surface area contributed by atoms with E-state index < -0.39 is 0 Å². The zero-order valence-corrected chi connectivity index (χ0v) is 13.2. The highest BCUT2D eigenvalue weighted by Crippen LogP contribution is 2.24. The van der Waals surface area contributed by atoms with Crippen LogP contribution in [-0.4, -0.2) is 14.2 Å². The SMILES string of the molecule is COCc1cccc(CNc2cc(Br)cc(OC)c2)c1. The molecule has 106 valence electrons. The fraction of sp³-hybridized carbons (Fsp3) is 0.250. The normalized spacial score (nSPS) is 10.3. The number of halogens is 1. The molecule has 0 radical (unpaired) electrons. The van der Waals surface area contributed by atoms with Crippen molar-refractivity contribution in [1.29, 1.82) is 0 Å². The number of hydrogen-bond donors (Lipinski definition) is 1. The Labute approximate surface area is 128 Å². The molecule has 1 N–H and O–H groups in total. The molecule has 2 aromatic rings. The van der Waals surface area contributed by atoms with Crippen LogP contribution in [0.2, 0.25) is 0 Å². The summed E-state index contributed by atoms with van der Waals surface area (Å²) in [6, 6.07) is 14.3. The largest absolute Gasteiger partial charge is 0.497 e. The number of methoxy groups -OCH3 is 2. The van der Waals surface area contributed by atoms with Crippen molar-refractivity contribution in [3.63, 3.8) is 0 Å². The predicted molar refractivity (Wildman–Crippen MR) is 85.2 cm³/mol. The molecule has 0 fully saturated rings. The van der Waals surface area contributed by atoms with Gasteiger partial charge >= 0.3 is 0 Å². The van der Waals surface area contributed by atoms with Gasteiger partial charge in [0.05, 0.1) is 13.7 Å². The van der Waals surface area contributed by atoms with E-state index in [4.69, 9.17) is 9.47 Å². The number of nitrogens with one attached hydrogen (secondary N) is 1. The van der Waals surface area contributed by atoms with E-state index in [0.29, 0.717) is 6.61 Å². The van der Waals surface area contributed by atoms with Crippen LogP contribution in [-0.2, 0) is 17.9 Å². The average molecular weight is 336 g/mol. The molecule has 0 saturated heterocycles. The standard InChI is InChI=1S/C16H18BrNO2/c1-19-11-13-5-3-4-12(6-13)10-18-15-7-14(17)8-16(9-15)20-2/h3-9,18H,10-11H2,1-2H3. The van der Waals surface area contributed by atoms with Crippen LogP contribution in [0.25, 0.3) is 0 Å². The Hall–Kier alpha value is -1.52. The summed E-state index contributed by atoms with van der Waals surface area (Å²) in [4.78, 5) is 0. The minimum atomic E-state index is 0.637. The molecule has 0 amide bonds. The Kier molecular flexibility index (Phi) is 5.44. The fourth-order valence-electron chi connectivity index (χ4n) is 1.98. The van der Waals surface area contributed by atoms with Crippen LogP contribution >= 0.6 is 15.9 Å². The van der Waals surface area contributed by atoms with Crippen LogP contribution in [0.3, 0.4) is 0 Å². The number of rotatable bonds is 6. The Morgan fingerprint density at radius 3 is 2.60 bits per heavy atom. The van der Waals surface area contributed by atoms with Crippen LogP contribution in [0.15, 0.2) is 46.9 Å². The van der Waals surface area contributed by atoms with Gasteiger partial charge < -0.3 is 14.8 Å². The molecule has 2 rings (SSSR count). The Balaban J connectivity index is 2.04. The second kappa shape index (κ2) is 7.31. The molecule has 0 aliphatic heterocycles. The highest BCUT2D eigenvalue weighted by Gasteiger charge is 2.01. The van der Waals surface area contributed by atoms with Crippen LogP contribution < -0.4 is 10.1 Å². The number of hydrogen-bond acceptors (Lipinski definition) is 3. The van der Waals surface area contributed by atoms with E-state index in [1.54, 1.807) is 14.2 Å². The molecule has 2 aromatic carbocycles. The smallest absolute Gasteiger partial charge is 0.122 e. The van der Waals surface area contributed by atoms with Crippen molar-refractivity contribution in [3.8, 4) is 5.75 Å². The van der Waals surface area contributed by atoms with Gasteiger partial charge in [-0.25, -0.2) is 0 Å². The van der Waals surface area contributed by atoms with Crippen molar-refractivity contribution < 1.29 is 9.47 Å². The van der Waals surface area contributed by atoms with E-state index >= 15 is 0 Å². The summed E-state index contributed by atoms with van der Waals surface area (Å²) in [6.07, 6.45) is 0. The molecule has 0 bridgehead atoms. The zero-order chi connectivity index (χ0) is 14.4. The molecule has 0 heterocycles. The summed E-state index contributed by atoms with van der Waals surface area (Å²) in [6.45, 7) is 1.40. The lowest BCUT2D eigenvalue weighted by Crippen LogP contribution is -2.00. The topological polar surface area (TPSA) is 30.5 Å². The van der Waals surface area contributed by atoms with E-state index in [1.807, 2.05) is 24.3 Å². The quantitative estimate of drug-likeness (QED) is 0.857. The zero-order valence-electron chi connectivity index (χ0n) is 11.7. The lowest BCUT2D eigenvalue weighted by atomic mass is 10.1. The minimum Gasteiger partial charge on any atom is -0.497 e. The Morgan fingerprint density at radius 2 is 1.85 bits per heavy atom. The number of anilines is 1. The van der Waals surface area contributed by atoms with Gasteiger partial charge in [-0.2, -0.15) is 0 Å². The molecular weight excluding hydrogens is 318 g/mol. The summed E-state index contributed by atoms with van der Waals surface area (Å²) >= 11 is 3.48. The molecule has 20 heavy (non-hydrogen) atoms. The van der Waals surface area contributed by atoms with Gasteiger partial charge in [-0.05, 0) is 23.3 Å². The maximum absolute atomic E-state index is 5.25. The van der Waals surface area contributed by atoms with E-state index in [-0.39, 0.29) is 0 Å². The molecule has 0 aliphatic rings. The van der Waals surface area contributed by atoms with Gasteiger partial charge in [0.1, 0.15) is 5.75 Å². The predicted octanol–water partition coefficient (Wildman–Crippen LogP) is 4.22. The van der Waals surface area contributed by atoms with Crippen molar-refractivity contribution >= 4 is 21.6 Å². The maximum Gasteiger partial charge on any atom is 0.122 e. The molecule has 0 spiro atoms. The lowest BCUT2D eigenvalue weighted by Gasteiger charge is -2.10. The highest BCUT2D eigenvalue weighted by atomic mass is 79.9. The van der Waals surface area contributed by atoms with Gasteiger partial charge in [0, 0.05) is 29.9 Å². The molecule has 0 atom stereocenters. The molecule has 0 saturated carbocycles. The van der Waals surface area contributed by atoms with Crippen molar-refractivity contribution in [2.24, 2.45) is 0 Å². The van der Waals surface area contributed by atoms with Gasteiger partial charge in [-0.3, -0.25) is 0 Å². The van der Waals surface area contributed by atoms with Gasteiger partial charge in [0.2, 0.25) is 0 Å². The maximum atomic E-state index is 5.25. The van der Waals surface area contributed by atoms with Gasteiger partial charge in [0.25, 0.3) is 0 Å². The second-order valence-electron chi connectivity index (χ2n) is 4.49. The summed E-state index contributed by atoms with van der Waals surface area (Å²) in [5, 5.41) is 3.39. The van der Waals surface area contributed by atoms with Crippen LogP contribution in [0.5, 0.6) is 5.75 Å². The third kappa shape index (κ3) is 4.25. The van der Waals surface area contributed by atoms with Crippen molar-refractivity contribution in [1.82, 2.24) is 0 Å². The third-order valence-electron chi connectivity index (χ3n) is 2.91. The first-order chi connectivity index (χ1) is 9.71. The first kappa shape index (κ1) is 14.9. The van der Waals surface area contributed by atoms with Gasteiger partial charge in [0.15, 0.2) is 0 Å². The monoisotopic (exact) mass is 335 g/mol. The van der Waals surface area contributed by atoms with Gasteiger partial charge in [-0.15, -0.1) is 0 Å². The summed E-state index contributed by atoms with van der Waals surface area (Å²) in [5.74, 6) is 0.829. The lowest BCUT2D eigenvalue weighted by molar-refractivity contribution is 0.185. The molecule has 0 aliphatic carbocycles. The molecule has 0 unspecified atom stereocenters. The highest BCUT2D eigenvalue weighted by molar-refractivity contribution is 9.10. The average Bonchev–Trinajstić information content (AvgIpc) is 2.45. The number of benzene rings is 2. The molecule has 4 heteroatoms. The first-order valence-corrected chi connectivity index (χ1v) is 7.16. The van der Waals surface area contributed by atoms with Gasteiger partial charge in [-0.1, -0.05) is 40.2 Å². The van der Waals surface area contributed by atoms with E-state index in [2.05, 4.69) is 39.4 Å². The Morgan fingerprint density at radius 1 is 1.05 bits per heavy atom. The van der Waals surface area contributed by atoms with Crippen molar-refractivity contribution in [2.45, 2.75) is 13.2 Å². The van der Waals surface area contributed by atoms with Crippen LogP contribution in [0, 0.1) is 0 Å². The number of ether oxygens (including phenoxy) is 2. The minimum absolute atomic E-state index is 0.637. The first-order valence-electron chi connectivity index (χ1n) is 6.36. The summed E-state index contributed by atoms with van der Waals surface area (Å²) in [5.41, 5.74) is 3.42. The molecular formula is C16H18BrNO2. The fourth-order valence-corrected chi connectivity index (χ4v) is 2.46. The van der Waals surface area contributed by atoms with E-state index in [0.717, 1.165) is 22.5 Å².